The van der Waals surface area contributed by atoms with E-state index in [0.29, 0.717) is 6.04 Å². The van der Waals surface area contributed by atoms with Crippen molar-refractivity contribution in [1.29, 1.82) is 0 Å². The molecule has 1 aliphatic rings. The molecular weight excluding hydrogens is 279 g/mol. The first-order chi connectivity index (χ1) is 9.95. The van der Waals surface area contributed by atoms with Crippen molar-refractivity contribution < 1.29 is 0 Å². The highest BCUT2D eigenvalue weighted by molar-refractivity contribution is 7.45. The summed E-state index contributed by atoms with van der Waals surface area (Å²) in [5.41, 5.74) is 4.46. The number of aliphatic imine (C=N–C) groups is 3. The molecule has 1 fully saturated rings. The average molecular weight is 306 g/mol. The van der Waals surface area contributed by atoms with Crippen molar-refractivity contribution in [1.82, 2.24) is 5.32 Å². The van der Waals surface area contributed by atoms with Crippen molar-refractivity contribution in [3.8, 4) is 0 Å². The minimum Gasteiger partial charge on any atom is -0.317 e. The van der Waals surface area contributed by atoms with Crippen LogP contribution in [0, 0.1) is 0 Å². The first kappa shape index (κ1) is 17.9. The van der Waals surface area contributed by atoms with Crippen molar-refractivity contribution in [2.75, 3.05) is 13.1 Å². The first-order valence-electron chi connectivity index (χ1n) is 7.40. The Hall–Kier alpha value is -1.12. The maximum absolute atomic E-state index is 4.77. The van der Waals surface area contributed by atoms with Crippen LogP contribution in [-0.4, -0.2) is 36.5 Å². The summed E-state index contributed by atoms with van der Waals surface area (Å²) in [6.07, 6.45) is 3.95. The summed E-state index contributed by atoms with van der Waals surface area (Å²) < 4.78 is 0. The summed E-state index contributed by atoms with van der Waals surface area (Å²) in [6.45, 7) is 13.9. The van der Waals surface area contributed by atoms with Crippen LogP contribution in [0.1, 0.15) is 40.5 Å². The van der Waals surface area contributed by atoms with Crippen LogP contribution in [0.2, 0.25) is 0 Å². The molecule has 5 heteroatoms. The van der Waals surface area contributed by atoms with Gasteiger partial charge in [0.1, 0.15) is 0 Å². The lowest BCUT2D eigenvalue weighted by Gasteiger charge is -2.19. The standard InChI is InChI=1S/C16H27N4P/c1-6-18-12(4)15(11(2)3)19-13(5)16(21)20-14-7-9-17-10-8-14/h6,14,17H,2,7-10,21H2,1,3-5H3/b15-12+,18-6?,19-13?,20-16?. The Kier molecular flexibility index (Phi) is 7.69. The predicted octanol–water partition coefficient (Wildman–Crippen LogP) is 3.37. The van der Waals surface area contributed by atoms with Crippen LogP contribution in [-0.2, 0) is 0 Å². The van der Waals surface area contributed by atoms with Crippen LogP contribution in [0.15, 0.2) is 38.5 Å². The Bertz CT molecular complexity index is 494. The van der Waals surface area contributed by atoms with Gasteiger partial charge in [-0.1, -0.05) is 15.8 Å². The van der Waals surface area contributed by atoms with Crippen LogP contribution in [0.3, 0.4) is 0 Å². The topological polar surface area (TPSA) is 49.1 Å². The third-order valence-corrected chi connectivity index (χ3v) is 3.92. The van der Waals surface area contributed by atoms with Crippen LogP contribution in [0.25, 0.3) is 0 Å². The van der Waals surface area contributed by atoms with Gasteiger partial charge < -0.3 is 5.32 Å². The molecule has 1 heterocycles. The van der Waals surface area contributed by atoms with E-state index in [9.17, 15) is 0 Å². The van der Waals surface area contributed by atoms with Crippen LogP contribution < -0.4 is 5.32 Å². The fourth-order valence-electron chi connectivity index (χ4n) is 2.19. The molecule has 0 spiro atoms. The molecule has 1 rings (SSSR count). The number of nitrogens with zero attached hydrogens (tertiary/aromatic N) is 3. The molecule has 0 amide bonds. The van der Waals surface area contributed by atoms with E-state index < -0.39 is 0 Å². The number of allylic oxidation sites excluding steroid dienone is 2. The monoisotopic (exact) mass is 306 g/mol. The van der Waals surface area contributed by atoms with Gasteiger partial charge in [-0.05, 0) is 59.2 Å². The molecule has 1 unspecified atom stereocenters. The van der Waals surface area contributed by atoms with Gasteiger partial charge in [0.15, 0.2) is 0 Å². The Morgan fingerprint density at radius 1 is 1.24 bits per heavy atom. The fraction of sp³-hybridized carbons (Fsp3) is 0.562. The highest BCUT2D eigenvalue weighted by Gasteiger charge is 2.12. The van der Waals surface area contributed by atoms with Crippen molar-refractivity contribution in [2.45, 2.75) is 46.6 Å². The molecule has 21 heavy (non-hydrogen) atoms. The van der Waals surface area contributed by atoms with Crippen LogP contribution in [0.4, 0.5) is 0 Å². The SMILES string of the molecule is C=C(C)/C(N=C(C)C(P)=NC1CCNCC1)=C(/C)N=CC. The molecule has 0 bridgehead atoms. The minimum atomic E-state index is 0.399. The summed E-state index contributed by atoms with van der Waals surface area (Å²) in [5, 5.41) is 3.35. The van der Waals surface area contributed by atoms with Gasteiger partial charge in [0.05, 0.1) is 28.6 Å². The van der Waals surface area contributed by atoms with Crippen molar-refractivity contribution >= 4 is 26.6 Å². The molecular formula is C16H27N4P. The minimum absolute atomic E-state index is 0.399. The summed E-state index contributed by atoms with van der Waals surface area (Å²) in [5.74, 6) is 0. The highest BCUT2D eigenvalue weighted by Crippen LogP contribution is 2.17. The van der Waals surface area contributed by atoms with E-state index in [1.165, 1.54) is 0 Å². The van der Waals surface area contributed by atoms with E-state index >= 15 is 0 Å². The van der Waals surface area contributed by atoms with Gasteiger partial charge in [-0.15, -0.1) is 0 Å². The Balaban J connectivity index is 2.97. The second-order valence-corrected chi connectivity index (χ2v) is 5.84. The zero-order chi connectivity index (χ0) is 15.8. The van der Waals surface area contributed by atoms with E-state index in [4.69, 9.17) is 4.99 Å². The van der Waals surface area contributed by atoms with E-state index in [0.717, 1.165) is 54.1 Å². The lowest BCUT2D eigenvalue weighted by molar-refractivity contribution is 0.461. The molecule has 0 radical (unpaired) electrons. The van der Waals surface area contributed by atoms with Crippen LogP contribution >= 0.6 is 9.24 Å². The Morgan fingerprint density at radius 3 is 2.38 bits per heavy atom. The second-order valence-electron chi connectivity index (χ2n) is 5.29. The maximum Gasteiger partial charge on any atom is 0.0868 e. The molecule has 1 saturated heterocycles. The van der Waals surface area contributed by atoms with Gasteiger partial charge in [-0.25, -0.2) is 4.99 Å². The normalized spacial score (nSPS) is 19.9. The van der Waals surface area contributed by atoms with Gasteiger partial charge in [0.2, 0.25) is 0 Å². The molecule has 0 aromatic carbocycles. The molecule has 1 N–H and O–H groups in total. The Labute approximate surface area is 130 Å². The summed E-state index contributed by atoms with van der Waals surface area (Å²) in [7, 11) is 2.71. The predicted molar refractivity (Wildman–Crippen MR) is 97.8 cm³/mol. The average Bonchev–Trinajstić information content (AvgIpc) is 2.45. The largest absolute Gasteiger partial charge is 0.317 e. The molecule has 0 aromatic heterocycles. The quantitative estimate of drug-likeness (QED) is 0.472. The molecule has 0 aliphatic carbocycles. The summed E-state index contributed by atoms with van der Waals surface area (Å²) in [4.78, 5) is 13.8. The van der Waals surface area contributed by atoms with E-state index in [1.807, 2.05) is 27.7 Å². The molecule has 116 valence electrons. The number of hydrogen-bond acceptors (Lipinski definition) is 4. The maximum atomic E-state index is 4.77. The summed E-state index contributed by atoms with van der Waals surface area (Å²) in [6, 6.07) is 0.399. The number of rotatable bonds is 5. The van der Waals surface area contributed by atoms with E-state index in [2.05, 4.69) is 31.1 Å². The van der Waals surface area contributed by atoms with Gasteiger partial charge >= 0.3 is 0 Å². The van der Waals surface area contributed by atoms with Crippen molar-refractivity contribution in [3.63, 3.8) is 0 Å². The third-order valence-electron chi connectivity index (χ3n) is 3.35. The Morgan fingerprint density at radius 2 is 1.86 bits per heavy atom. The smallest absolute Gasteiger partial charge is 0.0868 e. The van der Waals surface area contributed by atoms with Crippen molar-refractivity contribution in [3.05, 3.63) is 23.5 Å². The van der Waals surface area contributed by atoms with E-state index in [-0.39, 0.29) is 0 Å². The molecule has 0 aromatic rings. The second kappa shape index (κ2) is 9.01. The lowest BCUT2D eigenvalue weighted by atomic mass is 10.1. The van der Waals surface area contributed by atoms with Gasteiger partial charge in [-0.3, -0.25) is 9.98 Å². The van der Waals surface area contributed by atoms with Gasteiger partial charge in [0.25, 0.3) is 0 Å². The number of nitrogens with one attached hydrogen (secondary N) is 1. The zero-order valence-corrected chi connectivity index (χ0v) is 14.8. The fourth-order valence-corrected chi connectivity index (χ4v) is 2.47. The zero-order valence-electron chi connectivity index (χ0n) is 13.6. The number of piperidine rings is 1. The first-order valence-corrected chi connectivity index (χ1v) is 7.98. The summed E-state index contributed by atoms with van der Waals surface area (Å²) >= 11 is 0. The van der Waals surface area contributed by atoms with Gasteiger partial charge in [-0.2, -0.15) is 0 Å². The van der Waals surface area contributed by atoms with Crippen LogP contribution in [0.5, 0.6) is 0 Å². The van der Waals surface area contributed by atoms with E-state index in [1.54, 1.807) is 6.21 Å². The van der Waals surface area contributed by atoms with Crippen molar-refractivity contribution in [2.24, 2.45) is 15.0 Å². The lowest BCUT2D eigenvalue weighted by Crippen LogP contribution is -2.30. The third kappa shape index (κ3) is 6.03. The number of hydrogen-bond donors (Lipinski definition) is 1. The highest BCUT2D eigenvalue weighted by atomic mass is 31.0. The molecule has 0 saturated carbocycles. The molecule has 1 aliphatic heterocycles. The van der Waals surface area contributed by atoms with Gasteiger partial charge in [0, 0.05) is 6.21 Å². The molecule has 1 atom stereocenters. The molecule has 4 nitrogen and oxygen atoms in total.